The van der Waals surface area contributed by atoms with Gasteiger partial charge in [0.15, 0.2) is 5.76 Å². The van der Waals surface area contributed by atoms with Crippen molar-refractivity contribution in [3.63, 3.8) is 0 Å². The first-order valence-corrected chi connectivity index (χ1v) is 11.7. The Morgan fingerprint density at radius 1 is 0.857 bits per heavy atom. The van der Waals surface area contributed by atoms with Crippen molar-refractivity contribution in [2.45, 2.75) is 19.8 Å². The molecule has 0 bridgehead atoms. The average molecular weight is 469 g/mol. The van der Waals surface area contributed by atoms with Gasteiger partial charge < -0.3 is 19.4 Å². The Morgan fingerprint density at radius 3 is 2.23 bits per heavy atom. The summed E-state index contributed by atoms with van der Waals surface area (Å²) < 4.78 is 11.2. The molecule has 6 heteroatoms. The van der Waals surface area contributed by atoms with E-state index in [1.807, 2.05) is 78.9 Å². The van der Waals surface area contributed by atoms with Crippen molar-refractivity contribution in [3.05, 3.63) is 114 Å². The maximum atomic E-state index is 13.1. The smallest absolute Gasteiger partial charge is 0.293 e. The van der Waals surface area contributed by atoms with Crippen molar-refractivity contribution in [2.75, 3.05) is 18.0 Å². The third-order valence-corrected chi connectivity index (χ3v) is 5.57. The highest BCUT2D eigenvalue weighted by Gasteiger charge is 2.20. The van der Waals surface area contributed by atoms with E-state index in [1.165, 1.54) is 11.8 Å². The average Bonchev–Trinajstić information content (AvgIpc) is 3.45. The number of nitrogens with one attached hydrogen (secondary N) is 1. The fourth-order valence-electron chi connectivity index (χ4n) is 3.63. The second kappa shape index (κ2) is 11.7. The summed E-state index contributed by atoms with van der Waals surface area (Å²) in [6.07, 6.45) is 2.99. The summed E-state index contributed by atoms with van der Waals surface area (Å²) >= 11 is 0. The Balaban J connectivity index is 1.39. The van der Waals surface area contributed by atoms with E-state index in [2.05, 4.69) is 12.2 Å². The number of benzene rings is 3. The van der Waals surface area contributed by atoms with Crippen LogP contribution in [0.2, 0.25) is 0 Å². The third kappa shape index (κ3) is 6.38. The molecule has 0 aliphatic rings. The quantitative estimate of drug-likeness (QED) is 0.285. The van der Waals surface area contributed by atoms with Crippen LogP contribution in [0, 0.1) is 0 Å². The van der Waals surface area contributed by atoms with E-state index in [9.17, 15) is 9.59 Å². The van der Waals surface area contributed by atoms with Crippen LogP contribution in [0.25, 0.3) is 0 Å². The molecule has 4 aromatic rings. The number of nitrogens with zero attached hydrogens (tertiary/aromatic N) is 1. The van der Waals surface area contributed by atoms with E-state index in [0.717, 1.165) is 12.2 Å². The molecule has 0 saturated heterocycles. The molecule has 1 aromatic heterocycles. The van der Waals surface area contributed by atoms with E-state index in [1.54, 1.807) is 17.0 Å². The van der Waals surface area contributed by atoms with Crippen molar-refractivity contribution in [1.29, 1.82) is 0 Å². The van der Waals surface area contributed by atoms with E-state index >= 15 is 0 Å². The maximum Gasteiger partial charge on any atom is 0.293 e. The Hall–Kier alpha value is -4.32. The fourth-order valence-corrected chi connectivity index (χ4v) is 3.63. The number of amides is 2. The van der Waals surface area contributed by atoms with Crippen molar-refractivity contribution >= 4 is 17.5 Å². The highest BCUT2D eigenvalue weighted by atomic mass is 16.5. The molecule has 4 rings (SSSR count). The Morgan fingerprint density at radius 2 is 1.57 bits per heavy atom. The largest absolute Gasteiger partial charge is 0.459 e. The highest BCUT2D eigenvalue weighted by Crippen LogP contribution is 2.25. The molecule has 0 fully saturated rings. The predicted octanol–water partition coefficient (Wildman–Crippen LogP) is 6.10. The van der Waals surface area contributed by atoms with Crippen LogP contribution in [0.4, 0.5) is 5.69 Å². The van der Waals surface area contributed by atoms with Gasteiger partial charge in [-0.3, -0.25) is 9.59 Å². The first-order valence-electron chi connectivity index (χ1n) is 11.7. The minimum absolute atomic E-state index is 0.126. The standard InChI is InChI=1S/C29H28N2O4/c1-2-22-11-13-23(14-12-22)28(32)30-19-7-20-31(29(33)27-10-6-21-34-27)24-15-17-26(18-16-24)35-25-8-4-3-5-9-25/h3-6,8-18,21H,2,7,19-20H2,1H3,(H,30,32). The minimum Gasteiger partial charge on any atom is -0.459 e. The summed E-state index contributed by atoms with van der Waals surface area (Å²) in [5.41, 5.74) is 2.53. The maximum absolute atomic E-state index is 13.1. The fraction of sp³-hybridized carbons (Fsp3) is 0.172. The van der Waals surface area contributed by atoms with Crippen molar-refractivity contribution in [3.8, 4) is 11.5 Å². The lowest BCUT2D eigenvalue weighted by Crippen LogP contribution is -2.34. The molecule has 0 aliphatic heterocycles. The van der Waals surface area contributed by atoms with Crippen LogP contribution in [-0.2, 0) is 6.42 Å². The second-order valence-corrected chi connectivity index (χ2v) is 8.00. The summed E-state index contributed by atoms with van der Waals surface area (Å²) in [5.74, 6) is 1.30. The number of ether oxygens (including phenoxy) is 1. The number of anilines is 1. The molecule has 0 aliphatic carbocycles. The van der Waals surface area contributed by atoms with Gasteiger partial charge in [-0.15, -0.1) is 0 Å². The SMILES string of the molecule is CCc1ccc(C(=O)NCCCN(C(=O)c2ccco2)c2ccc(Oc3ccccc3)cc2)cc1. The molecule has 35 heavy (non-hydrogen) atoms. The lowest BCUT2D eigenvalue weighted by Gasteiger charge is -2.22. The zero-order valence-corrected chi connectivity index (χ0v) is 19.6. The Kier molecular flexibility index (Phi) is 7.96. The minimum atomic E-state index is -0.242. The predicted molar refractivity (Wildman–Crippen MR) is 136 cm³/mol. The van der Waals surface area contributed by atoms with Gasteiger partial charge in [-0.1, -0.05) is 37.3 Å². The molecule has 178 valence electrons. The number of carbonyl (C=O) groups excluding carboxylic acids is 2. The molecular weight excluding hydrogens is 440 g/mol. The van der Waals surface area contributed by atoms with Gasteiger partial charge in [-0.25, -0.2) is 0 Å². The number of aryl methyl sites for hydroxylation is 1. The normalized spacial score (nSPS) is 10.5. The third-order valence-electron chi connectivity index (χ3n) is 5.57. The first-order chi connectivity index (χ1) is 17.1. The van der Waals surface area contributed by atoms with Crippen molar-refractivity contribution in [2.24, 2.45) is 0 Å². The van der Waals surface area contributed by atoms with Crippen molar-refractivity contribution < 1.29 is 18.7 Å². The molecule has 2 amide bonds. The van der Waals surface area contributed by atoms with E-state index in [-0.39, 0.29) is 17.6 Å². The number of furan rings is 1. The number of para-hydroxylation sites is 1. The van der Waals surface area contributed by atoms with Gasteiger partial charge in [0.25, 0.3) is 11.8 Å². The molecule has 0 saturated carbocycles. The van der Waals surface area contributed by atoms with E-state index < -0.39 is 0 Å². The zero-order chi connectivity index (χ0) is 24.5. The molecule has 0 radical (unpaired) electrons. The summed E-state index contributed by atoms with van der Waals surface area (Å²) in [5, 5.41) is 2.93. The van der Waals surface area contributed by atoms with Crippen LogP contribution in [0.3, 0.4) is 0 Å². The van der Waals surface area contributed by atoms with E-state index in [4.69, 9.17) is 9.15 Å². The summed E-state index contributed by atoms with van der Waals surface area (Å²) in [6.45, 7) is 2.92. The molecular formula is C29H28N2O4. The molecule has 6 nitrogen and oxygen atoms in total. The van der Waals surface area contributed by atoms with E-state index in [0.29, 0.717) is 36.5 Å². The van der Waals surface area contributed by atoms with Crippen LogP contribution in [0.15, 0.2) is 102 Å². The number of hydrogen-bond acceptors (Lipinski definition) is 4. The van der Waals surface area contributed by atoms with Gasteiger partial charge in [0.05, 0.1) is 6.26 Å². The Labute approximate surface area is 205 Å². The topological polar surface area (TPSA) is 71.8 Å². The Bertz CT molecular complexity index is 1220. The molecule has 0 spiro atoms. The monoisotopic (exact) mass is 468 g/mol. The van der Waals surface area contributed by atoms with Crippen LogP contribution in [-0.4, -0.2) is 24.9 Å². The van der Waals surface area contributed by atoms with Gasteiger partial charge in [0.2, 0.25) is 0 Å². The number of carbonyl (C=O) groups is 2. The van der Waals surface area contributed by atoms with Crippen LogP contribution in [0.1, 0.15) is 39.8 Å². The number of rotatable bonds is 10. The molecule has 3 aromatic carbocycles. The highest BCUT2D eigenvalue weighted by molar-refractivity contribution is 6.04. The molecule has 1 N–H and O–H groups in total. The first kappa shape index (κ1) is 23.8. The van der Waals surface area contributed by atoms with Crippen LogP contribution in [0.5, 0.6) is 11.5 Å². The van der Waals surface area contributed by atoms with Gasteiger partial charge in [-0.05, 0) is 79.1 Å². The van der Waals surface area contributed by atoms with Gasteiger partial charge in [0, 0.05) is 24.3 Å². The number of hydrogen-bond donors (Lipinski definition) is 1. The van der Waals surface area contributed by atoms with Gasteiger partial charge in [-0.2, -0.15) is 0 Å². The van der Waals surface area contributed by atoms with Crippen LogP contribution < -0.4 is 15.0 Å². The van der Waals surface area contributed by atoms with Gasteiger partial charge >= 0.3 is 0 Å². The summed E-state index contributed by atoms with van der Waals surface area (Å²) in [4.78, 5) is 27.2. The summed E-state index contributed by atoms with van der Waals surface area (Å²) in [7, 11) is 0. The lowest BCUT2D eigenvalue weighted by atomic mass is 10.1. The van der Waals surface area contributed by atoms with Crippen LogP contribution >= 0.6 is 0 Å². The second-order valence-electron chi connectivity index (χ2n) is 8.00. The van der Waals surface area contributed by atoms with Crippen molar-refractivity contribution in [1.82, 2.24) is 5.32 Å². The van der Waals surface area contributed by atoms with Gasteiger partial charge in [0.1, 0.15) is 11.5 Å². The molecule has 0 unspecified atom stereocenters. The lowest BCUT2D eigenvalue weighted by molar-refractivity contribution is 0.0953. The summed E-state index contributed by atoms with van der Waals surface area (Å²) in [6, 6.07) is 27.8. The molecule has 0 atom stereocenters. The zero-order valence-electron chi connectivity index (χ0n) is 19.6. The molecule has 1 heterocycles.